The third-order valence-electron chi connectivity index (χ3n) is 1.65. The van der Waals surface area contributed by atoms with Gasteiger partial charge in [-0.3, -0.25) is 0 Å². The summed E-state index contributed by atoms with van der Waals surface area (Å²) in [7, 11) is 0. The van der Waals surface area contributed by atoms with Gasteiger partial charge in [0.15, 0.2) is 0 Å². The number of hydrogen-bond acceptors (Lipinski definition) is 3. The Balaban J connectivity index is 2.54. The van der Waals surface area contributed by atoms with Crippen LogP contribution in [0.5, 0.6) is 5.88 Å². The first-order valence-corrected chi connectivity index (χ1v) is 4.31. The van der Waals surface area contributed by atoms with E-state index >= 15 is 0 Å². The van der Waals surface area contributed by atoms with Gasteiger partial charge in [0.1, 0.15) is 0 Å². The number of ether oxygens (including phenoxy) is 1. The third kappa shape index (κ3) is 4.05. The molecule has 0 atom stereocenters. The number of nitrogen functional groups attached to an aromatic ring is 1. The van der Waals surface area contributed by atoms with Crippen LogP contribution in [0.2, 0.25) is 0 Å². The van der Waals surface area contributed by atoms with Gasteiger partial charge >= 0.3 is 6.18 Å². The van der Waals surface area contributed by atoms with Gasteiger partial charge in [-0.15, -0.1) is 0 Å². The predicted octanol–water partition coefficient (Wildman–Crippen LogP) is 2.30. The summed E-state index contributed by atoms with van der Waals surface area (Å²) in [4.78, 5) is 3.88. The lowest BCUT2D eigenvalue weighted by atomic mass is 10.3. The van der Waals surface area contributed by atoms with Crippen molar-refractivity contribution in [2.75, 3.05) is 12.3 Å². The van der Waals surface area contributed by atoms with Crippen LogP contribution in [0, 0.1) is 6.92 Å². The van der Waals surface area contributed by atoms with Crippen LogP contribution in [0.4, 0.5) is 18.9 Å². The Bertz CT molecular complexity index is 339. The van der Waals surface area contributed by atoms with E-state index in [2.05, 4.69) is 4.98 Å². The highest BCUT2D eigenvalue weighted by Crippen LogP contribution is 2.22. The minimum absolute atomic E-state index is 0.0549. The molecule has 0 aliphatic heterocycles. The maximum Gasteiger partial charge on any atom is 0.392 e. The van der Waals surface area contributed by atoms with Gasteiger partial charge in [0.05, 0.1) is 18.7 Å². The molecule has 15 heavy (non-hydrogen) atoms. The number of anilines is 1. The Kier molecular flexibility index (Phi) is 3.39. The number of pyridine rings is 1. The van der Waals surface area contributed by atoms with Crippen molar-refractivity contribution >= 4 is 5.69 Å². The molecule has 0 amide bonds. The number of halogens is 3. The normalized spacial score (nSPS) is 11.5. The summed E-state index contributed by atoms with van der Waals surface area (Å²) >= 11 is 0. The maximum absolute atomic E-state index is 11.8. The largest absolute Gasteiger partial charge is 0.476 e. The Morgan fingerprint density at radius 2 is 2.07 bits per heavy atom. The van der Waals surface area contributed by atoms with Crippen molar-refractivity contribution in [2.24, 2.45) is 0 Å². The molecule has 6 heteroatoms. The number of nitrogens with two attached hydrogens (primary N) is 1. The zero-order chi connectivity index (χ0) is 11.5. The number of rotatable bonds is 3. The lowest BCUT2D eigenvalue weighted by molar-refractivity contribution is -0.139. The number of hydrogen-bond donors (Lipinski definition) is 1. The molecule has 0 unspecified atom stereocenters. The smallest absolute Gasteiger partial charge is 0.392 e. The van der Waals surface area contributed by atoms with Crippen LogP contribution in [0.1, 0.15) is 12.1 Å². The lowest BCUT2D eigenvalue weighted by Gasteiger charge is -2.09. The maximum atomic E-state index is 11.8. The standard InChI is InChI=1S/C9H11F3N2O/c1-6-2-3-7(13)8(14-6)15-5-4-9(10,11)12/h2-3H,4-5,13H2,1H3. The van der Waals surface area contributed by atoms with E-state index in [-0.39, 0.29) is 11.6 Å². The zero-order valence-electron chi connectivity index (χ0n) is 8.14. The molecule has 1 rings (SSSR count). The highest BCUT2D eigenvalue weighted by Gasteiger charge is 2.27. The quantitative estimate of drug-likeness (QED) is 0.850. The molecule has 84 valence electrons. The average molecular weight is 220 g/mol. The number of alkyl halides is 3. The van der Waals surface area contributed by atoms with E-state index in [9.17, 15) is 13.2 Å². The second-order valence-corrected chi connectivity index (χ2v) is 3.06. The second kappa shape index (κ2) is 4.37. The zero-order valence-corrected chi connectivity index (χ0v) is 8.14. The molecule has 0 spiro atoms. The minimum atomic E-state index is -4.22. The van der Waals surface area contributed by atoms with Crippen LogP contribution < -0.4 is 10.5 Å². The van der Waals surface area contributed by atoms with E-state index < -0.39 is 19.2 Å². The topological polar surface area (TPSA) is 48.1 Å². The molecular formula is C9H11F3N2O. The average Bonchev–Trinajstić information content (AvgIpc) is 2.09. The van der Waals surface area contributed by atoms with Gasteiger partial charge in [-0.2, -0.15) is 13.2 Å². The molecule has 0 fully saturated rings. The van der Waals surface area contributed by atoms with Gasteiger partial charge in [0.2, 0.25) is 5.88 Å². The summed E-state index contributed by atoms with van der Waals surface area (Å²) in [5, 5.41) is 0. The summed E-state index contributed by atoms with van der Waals surface area (Å²) in [6, 6.07) is 3.21. The summed E-state index contributed by atoms with van der Waals surface area (Å²) in [6.07, 6.45) is -5.24. The van der Waals surface area contributed by atoms with Crippen LogP contribution in [0.25, 0.3) is 0 Å². The van der Waals surface area contributed by atoms with Gasteiger partial charge in [-0.05, 0) is 19.1 Å². The molecule has 0 saturated carbocycles. The van der Waals surface area contributed by atoms with Gasteiger partial charge in [0.25, 0.3) is 0 Å². The van der Waals surface area contributed by atoms with Crippen molar-refractivity contribution in [3.8, 4) is 5.88 Å². The van der Waals surface area contributed by atoms with Gasteiger partial charge < -0.3 is 10.5 Å². The monoisotopic (exact) mass is 220 g/mol. The Hall–Kier alpha value is -1.46. The molecule has 1 aromatic rings. The summed E-state index contributed by atoms with van der Waals surface area (Å²) < 4.78 is 40.3. The first kappa shape index (κ1) is 11.6. The fraction of sp³-hybridized carbons (Fsp3) is 0.444. The Morgan fingerprint density at radius 1 is 1.40 bits per heavy atom. The highest BCUT2D eigenvalue weighted by molar-refractivity contribution is 5.48. The van der Waals surface area contributed by atoms with Crippen LogP contribution in [0.3, 0.4) is 0 Å². The first-order chi connectivity index (χ1) is 6.88. The molecule has 3 nitrogen and oxygen atoms in total. The van der Waals surface area contributed by atoms with Gasteiger partial charge in [-0.25, -0.2) is 4.98 Å². The van der Waals surface area contributed by atoms with Gasteiger partial charge in [-0.1, -0.05) is 0 Å². The van der Waals surface area contributed by atoms with Crippen LogP contribution in [0.15, 0.2) is 12.1 Å². The molecule has 0 aliphatic rings. The molecule has 0 aromatic carbocycles. The second-order valence-electron chi connectivity index (χ2n) is 3.06. The van der Waals surface area contributed by atoms with Crippen molar-refractivity contribution in [2.45, 2.75) is 19.5 Å². The number of aromatic nitrogens is 1. The van der Waals surface area contributed by atoms with Crippen molar-refractivity contribution in [1.82, 2.24) is 4.98 Å². The van der Waals surface area contributed by atoms with Crippen molar-refractivity contribution in [1.29, 1.82) is 0 Å². The van der Waals surface area contributed by atoms with Crippen LogP contribution >= 0.6 is 0 Å². The number of nitrogens with zero attached hydrogens (tertiary/aromatic N) is 1. The molecule has 0 bridgehead atoms. The number of aryl methyl sites for hydroxylation is 1. The van der Waals surface area contributed by atoms with Crippen molar-refractivity contribution in [3.63, 3.8) is 0 Å². The van der Waals surface area contributed by atoms with Gasteiger partial charge in [0, 0.05) is 5.69 Å². The van der Waals surface area contributed by atoms with E-state index in [1.54, 1.807) is 19.1 Å². The Labute approximate surface area is 85.1 Å². The molecule has 0 aliphatic carbocycles. The van der Waals surface area contributed by atoms with E-state index in [4.69, 9.17) is 10.5 Å². The summed E-state index contributed by atoms with van der Waals surface area (Å²) in [5.74, 6) is 0.0549. The fourth-order valence-electron chi connectivity index (χ4n) is 0.923. The molecule has 0 saturated heterocycles. The van der Waals surface area contributed by atoms with E-state index in [1.807, 2.05) is 0 Å². The SMILES string of the molecule is Cc1ccc(N)c(OCCC(F)(F)F)n1. The van der Waals surface area contributed by atoms with Crippen molar-refractivity contribution < 1.29 is 17.9 Å². The highest BCUT2D eigenvalue weighted by atomic mass is 19.4. The molecule has 1 aromatic heterocycles. The van der Waals surface area contributed by atoms with E-state index in [0.29, 0.717) is 5.69 Å². The fourth-order valence-corrected chi connectivity index (χ4v) is 0.923. The van der Waals surface area contributed by atoms with Crippen LogP contribution in [-0.2, 0) is 0 Å². The lowest BCUT2D eigenvalue weighted by Crippen LogP contribution is -2.14. The molecule has 0 radical (unpaired) electrons. The molecule has 2 N–H and O–H groups in total. The molecule has 1 heterocycles. The first-order valence-electron chi connectivity index (χ1n) is 4.31. The summed E-state index contributed by atoms with van der Waals surface area (Å²) in [5.41, 5.74) is 6.35. The van der Waals surface area contributed by atoms with E-state index in [1.165, 1.54) is 0 Å². The Morgan fingerprint density at radius 3 is 2.67 bits per heavy atom. The van der Waals surface area contributed by atoms with Crippen molar-refractivity contribution in [3.05, 3.63) is 17.8 Å². The van der Waals surface area contributed by atoms with E-state index in [0.717, 1.165) is 0 Å². The molecular weight excluding hydrogens is 209 g/mol. The van der Waals surface area contributed by atoms with Crippen LogP contribution in [-0.4, -0.2) is 17.8 Å². The predicted molar refractivity (Wildman–Crippen MR) is 49.6 cm³/mol. The third-order valence-corrected chi connectivity index (χ3v) is 1.65. The minimum Gasteiger partial charge on any atom is -0.476 e. The summed E-state index contributed by atoms with van der Waals surface area (Å²) in [6.45, 7) is 1.24.